The van der Waals surface area contributed by atoms with Crippen molar-refractivity contribution in [3.63, 3.8) is 0 Å². The van der Waals surface area contributed by atoms with Crippen LogP contribution in [0, 0.1) is 0 Å². The van der Waals surface area contributed by atoms with Gasteiger partial charge in [-0.05, 0) is 49.2 Å². The molecular weight excluding hydrogens is 380 g/mol. The smallest absolute Gasteiger partial charge is 0.279 e. The van der Waals surface area contributed by atoms with Gasteiger partial charge in [0.2, 0.25) is 0 Å². The van der Waals surface area contributed by atoms with Crippen LogP contribution in [0.15, 0.2) is 54.7 Å². The molecule has 1 aromatic heterocycles. The lowest BCUT2D eigenvalue weighted by molar-refractivity contribution is -0.881. The average molecular weight is 410 g/mol. The van der Waals surface area contributed by atoms with Crippen LogP contribution >= 0.6 is 0 Å². The van der Waals surface area contributed by atoms with E-state index in [1.807, 2.05) is 31.3 Å². The number of aromatic nitrogens is 1. The molecule has 3 rings (SSSR count). The summed E-state index contributed by atoms with van der Waals surface area (Å²) in [7, 11) is 1.60. The van der Waals surface area contributed by atoms with E-state index in [4.69, 9.17) is 4.74 Å². The largest absolute Gasteiger partial charge is 0.497 e. The summed E-state index contributed by atoms with van der Waals surface area (Å²) >= 11 is 0. The number of hydrogen-bond acceptors (Lipinski definition) is 3. The van der Waals surface area contributed by atoms with Crippen LogP contribution in [0.1, 0.15) is 12.5 Å². The highest BCUT2D eigenvalue weighted by atomic mass is 16.5. The predicted molar refractivity (Wildman–Crippen MR) is 118 cm³/mol. The third-order valence-electron chi connectivity index (χ3n) is 5.09. The zero-order valence-corrected chi connectivity index (χ0v) is 17.5. The van der Waals surface area contributed by atoms with Crippen molar-refractivity contribution in [2.45, 2.75) is 13.3 Å². The SMILES string of the molecule is CC[NH+](CC(=O)NCCc1c[nH]c2ccccc12)CC(=O)Nc1ccc(OC)cc1. The van der Waals surface area contributed by atoms with E-state index < -0.39 is 0 Å². The Morgan fingerprint density at radius 2 is 1.77 bits per heavy atom. The molecule has 7 heteroatoms. The monoisotopic (exact) mass is 409 g/mol. The first kappa shape index (κ1) is 21.4. The van der Waals surface area contributed by atoms with Gasteiger partial charge in [-0.1, -0.05) is 18.2 Å². The zero-order chi connectivity index (χ0) is 21.3. The molecule has 1 unspecified atom stereocenters. The molecule has 158 valence electrons. The molecule has 0 radical (unpaired) electrons. The Morgan fingerprint density at radius 1 is 1.03 bits per heavy atom. The van der Waals surface area contributed by atoms with E-state index in [0.29, 0.717) is 18.8 Å². The van der Waals surface area contributed by atoms with Gasteiger partial charge in [-0.15, -0.1) is 0 Å². The second-order valence-corrected chi connectivity index (χ2v) is 7.19. The number of carbonyl (C=O) groups is 2. The molecule has 2 amide bonds. The van der Waals surface area contributed by atoms with Gasteiger partial charge in [-0.25, -0.2) is 0 Å². The summed E-state index contributed by atoms with van der Waals surface area (Å²) in [4.78, 5) is 28.8. The standard InChI is InChI=1S/C23H28N4O3/c1-3-27(16-23(29)26-18-8-10-19(30-2)11-9-18)15-22(28)24-13-12-17-14-25-21-7-5-4-6-20(17)21/h4-11,14,25H,3,12-13,15-16H2,1-2H3,(H,24,28)(H,26,29)/p+1. The number of benzene rings is 2. The van der Waals surface area contributed by atoms with E-state index in [-0.39, 0.29) is 24.9 Å². The topological polar surface area (TPSA) is 87.7 Å². The maximum Gasteiger partial charge on any atom is 0.279 e. The molecule has 0 saturated carbocycles. The highest BCUT2D eigenvalue weighted by Gasteiger charge is 2.16. The molecule has 0 aliphatic rings. The van der Waals surface area contributed by atoms with E-state index in [0.717, 1.165) is 22.6 Å². The third-order valence-corrected chi connectivity index (χ3v) is 5.09. The van der Waals surface area contributed by atoms with Gasteiger partial charge in [0, 0.05) is 29.3 Å². The summed E-state index contributed by atoms with van der Waals surface area (Å²) in [5, 5.41) is 7.01. The first-order valence-corrected chi connectivity index (χ1v) is 10.2. The van der Waals surface area contributed by atoms with Gasteiger partial charge < -0.3 is 25.3 Å². The molecule has 7 nitrogen and oxygen atoms in total. The molecule has 4 N–H and O–H groups in total. The van der Waals surface area contributed by atoms with Crippen molar-refractivity contribution in [3.05, 3.63) is 60.3 Å². The molecule has 30 heavy (non-hydrogen) atoms. The number of amides is 2. The minimum atomic E-state index is -0.122. The van der Waals surface area contributed by atoms with Gasteiger partial charge in [0.15, 0.2) is 13.1 Å². The van der Waals surface area contributed by atoms with E-state index in [2.05, 4.69) is 21.7 Å². The first-order valence-electron chi connectivity index (χ1n) is 10.2. The second kappa shape index (κ2) is 10.5. The number of para-hydroxylation sites is 1. The lowest BCUT2D eigenvalue weighted by atomic mass is 10.1. The zero-order valence-electron chi connectivity index (χ0n) is 17.5. The number of anilines is 1. The number of H-pyrrole nitrogens is 1. The average Bonchev–Trinajstić information content (AvgIpc) is 3.17. The van der Waals surface area contributed by atoms with Crippen LogP contribution in [-0.4, -0.2) is 50.1 Å². The molecule has 0 bridgehead atoms. The second-order valence-electron chi connectivity index (χ2n) is 7.19. The molecule has 0 aliphatic heterocycles. The van der Waals surface area contributed by atoms with Crippen molar-refractivity contribution < 1.29 is 19.2 Å². The van der Waals surface area contributed by atoms with E-state index in [1.165, 1.54) is 10.9 Å². The Labute approximate surface area is 176 Å². The fourth-order valence-electron chi connectivity index (χ4n) is 3.38. The third kappa shape index (κ3) is 5.84. The quantitative estimate of drug-likeness (QED) is 0.408. The van der Waals surface area contributed by atoms with Crippen LogP contribution in [0.5, 0.6) is 5.75 Å². The summed E-state index contributed by atoms with van der Waals surface area (Å²) < 4.78 is 5.11. The van der Waals surface area contributed by atoms with Crippen LogP contribution in [0.25, 0.3) is 10.9 Å². The molecule has 0 fully saturated rings. The molecular formula is C23H29N4O3+. The van der Waals surface area contributed by atoms with Crippen molar-refractivity contribution in [2.24, 2.45) is 0 Å². The van der Waals surface area contributed by atoms with Gasteiger partial charge in [0.05, 0.1) is 13.7 Å². The Balaban J connectivity index is 1.42. The lowest BCUT2D eigenvalue weighted by Crippen LogP contribution is -3.14. The van der Waals surface area contributed by atoms with Crippen LogP contribution in [0.4, 0.5) is 5.69 Å². The van der Waals surface area contributed by atoms with Crippen molar-refractivity contribution >= 4 is 28.4 Å². The molecule has 3 aromatic rings. The number of fused-ring (bicyclic) bond motifs is 1. The summed E-state index contributed by atoms with van der Waals surface area (Å²) in [5.74, 6) is 0.561. The summed E-state index contributed by atoms with van der Waals surface area (Å²) in [5.41, 5.74) is 2.99. The van der Waals surface area contributed by atoms with Gasteiger partial charge in [-0.2, -0.15) is 0 Å². The number of quaternary nitrogens is 1. The van der Waals surface area contributed by atoms with Gasteiger partial charge in [0.1, 0.15) is 5.75 Å². The maximum absolute atomic E-state index is 12.3. The molecule has 1 heterocycles. The minimum absolute atomic E-state index is 0.0519. The van der Waals surface area contributed by atoms with Crippen LogP contribution in [-0.2, 0) is 16.0 Å². The number of ether oxygens (including phenoxy) is 1. The summed E-state index contributed by atoms with van der Waals surface area (Å²) in [6, 6.07) is 15.3. The van der Waals surface area contributed by atoms with E-state index in [9.17, 15) is 9.59 Å². The number of nitrogens with one attached hydrogen (secondary N) is 4. The Bertz CT molecular complexity index is 982. The first-order chi connectivity index (χ1) is 14.6. The molecule has 0 saturated heterocycles. The van der Waals surface area contributed by atoms with Gasteiger partial charge in [-0.3, -0.25) is 9.59 Å². The fourth-order valence-corrected chi connectivity index (χ4v) is 3.38. The maximum atomic E-state index is 12.3. The normalized spacial score (nSPS) is 11.8. The number of aromatic amines is 1. The van der Waals surface area contributed by atoms with Crippen LogP contribution in [0.3, 0.4) is 0 Å². The highest BCUT2D eigenvalue weighted by molar-refractivity contribution is 5.91. The summed E-state index contributed by atoms with van der Waals surface area (Å²) in [6.07, 6.45) is 2.75. The Morgan fingerprint density at radius 3 is 2.50 bits per heavy atom. The molecule has 0 aliphatic carbocycles. The van der Waals surface area contributed by atoms with Crippen molar-refractivity contribution in [2.75, 3.05) is 38.6 Å². The van der Waals surface area contributed by atoms with E-state index in [1.54, 1.807) is 31.4 Å². The lowest BCUT2D eigenvalue weighted by Gasteiger charge is -2.17. The van der Waals surface area contributed by atoms with E-state index >= 15 is 0 Å². The van der Waals surface area contributed by atoms with Gasteiger partial charge in [0.25, 0.3) is 11.8 Å². The van der Waals surface area contributed by atoms with Crippen LogP contribution < -0.4 is 20.3 Å². The van der Waals surface area contributed by atoms with Gasteiger partial charge >= 0.3 is 0 Å². The number of likely N-dealkylation sites (N-methyl/N-ethyl adjacent to an activating group) is 1. The van der Waals surface area contributed by atoms with Crippen LogP contribution in [0.2, 0.25) is 0 Å². The number of carbonyl (C=O) groups excluding carboxylic acids is 2. The Kier molecular flexibility index (Phi) is 7.45. The summed E-state index contributed by atoms with van der Waals surface area (Å²) in [6.45, 7) is 3.72. The molecule has 2 aromatic carbocycles. The minimum Gasteiger partial charge on any atom is -0.497 e. The fraction of sp³-hybridized carbons (Fsp3) is 0.304. The number of hydrogen-bond donors (Lipinski definition) is 4. The van der Waals surface area contributed by atoms with Crippen molar-refractivity contribution in [1.82, 2.24) is 10.3 Å². The van der Waals surface area contributed by atoms with Crippen molar-refractivity contribution in [3.8, 4) is 5.75 Å². The van der Waals surface area contributed by atoms with Crippen molar-refractivity contribution in [1.29, 1.82) is 0 Å². The Hall–Kier alpha value is -3.32. The number of methoxy groups -OCH3 is 1. The predicted octanol–water partition coefficient (Wildman–Crippen LogP) is 1.38. The molecule has 0 spiro atoms. The number of rotatable bonds is 10. The molecule has 1 atom stereocenters. The highest BCUT2D eigenvalue weighted by Crippen LogP contribution is 2.17.